The summed E-state index contributed by atoms with van der Waals surface area (Å²) in [5, 5.41) is 7.04. The third-order valence-electron chi connectivity index (χ3n) is 6.67. The minimum Gasteiger partial charge on any atom is -0.381 e. The molecule has 0 spiro atoms. The van der Waals surface area contributed by atoms with Crippen molar-refractivity contribution in [2.45, 2.75) is 69.9 Å². The first kappa shape index (κ1) is 18.7. The molecule has 0 radical (unpaired) electrons. The average molecular weight is 377 g/mol. The normalized spacial score (nSPS) is 27.0. The van der Waals surface area contributed by atoms with E-state index in [2.05, 4.69) is 29.2 Å². The van der Waals surface area contributed by atoms with Crippen molar-refractivity contribution in [2.24, 2.45) is 0 Å². The number of amides is 2. The van der Waals surface area contributed by atoms with Crippen molar-refractivity contribution >= 4 is 11.8 Å². The van der Waals surface area contributed by atoms with Gasteiger partial charge in [-0.25, -0.2) is 4.79 Å². The van der Waals surface area contributed by atoms with Crippen molar-refractivity contribution in [3.8, 4) is 0 Å². The van der Waals surface area contributed by atoms with E-state index >= 15 is 0 Å². The monoisotopic (exact) mass is 376 g/mol. The first-order valence-electron chi connectivity index (χ1n) is 10.4. The molecule has 2 aliphatic heterocycles. The van der Waals surface area contributed by atoms with Gasteiger partial charge in [-0.1, -0.05) is 24.9 Å². The molecule has 7 heteroatoms. The molecule has 1 N–H and O–H groups in total. The molecule has 27 heavy (non-hydrogen) atoms. The Balaban J connectivity index is 1.33. The highest BCUT2D eigenvalue weighted by molar-refractivity contribution is 5.88. The highest BCUT2D eigenvalue weighted by Crippen LogP contribution is 2.41. The van der Waals surface area contributed by atoms with E-state index in [-0.39, 0.29) is 17.5 Å². The Morgan fingerprint density at radius 1 is 1.26 bits per heavy atom. The van der Waals surface area contributed by atoms with Gasteiger partial charge in [0.05, 0.1) is 0 Å². The van der Waals surface area contributed by atoms with Crippen molar-refractivity contribution in [3.05, 3.63) is 11.8 Å². The van der Waals surface area contributed by atoms with Gasteiger partial charge in [-0.3, -0.25) is 10.2 Å². The number of hydrogen-bond acceptors (Lipinski definition) is 5. The lowest BCUT2D eigenvalue weighted by Crippen LogP contribution is -2.58. The number of hydrogen-bond donors (Lipinski definition) is 1. The van der Waals surface area contributed by atoms with Gasteiger partial charge in [0.2, 0.25) is 0 Å². The lowest BCUT2D eigenvalue weighted by molar-refractivity contribution is 0.00815. The summed E-state index contributed by atoms with van der Waals surface area (Å²) in [6.45, 7) is 8.64. The Hall–Kier alpha value is -1.60. The van der Waals surface area contributed by atoms with E-state index in [0.29, 0.717) is 11.9 Å². The second-order valence-corrected chi connectivity index (χ2v) is 8.66. The van der Waals surface area contributed by atoms with Gasteiger partial charge in [-0.2, -0.15) is 0 Å². The van der Waals surface area contributed by atoms with Gasteiger partial charge in [0, 0.05) is 56.4 Å². The number of ether oxygens (including phenoxy) is 1. The molecule has 3 fully saturated rings. The topological polar surface area (TPSA) is 70.8 Å². The van der Waals surface area contributed by atoms with Crippen LogP contribution < -0.4 is 5.32 Å². The molecular formula is C20H32N4O3. The zero-order valence-electron chi connectivity index (χ0n) is 16.6. The quantitative estimate of drug-likeness (QED) is 0.877. The van der Waals surface area contributed by atoms with E-state index in [4.69, 9.17) is 9.26 Å². The van der Waals surface area contributed by atoms with Crippen LogP contribution in [0.15, 0.2) is 10.6 Å². The lowest BCUT2D eigenvalue weighted by Gasteiger charge is -2.44. The van der Waals surface area contributed by atoms with Crippen LogP contribution in [0.3, 0.4) is 0 Å². The zero-order valence-corrected chi connectivity index (χ0v) is 16.6. The smallest absolute Gasteiger partial charge is 0.323 e. The molecule has 7 nitrogen and oxygen atoms in total. The van der Waals surface area contributed by atoms with Crippen molar-refractivity contribution in [1.82, 2.24) is 15.0 Å². The molecule has 1 aliphatic carbocycles. The van der Waals surface area contributed by atoms with E-state index in [1.165, 1.54) is 12.8 Å². The van der Waals surface area contributed by atoms with Crippen LogP contribution in [0, 0.1) is 0 Å². The van der Waals surface area contributed by atoms with Crippen LogP contribution in [0.25, 0.3) is 0 Å². The van der Waals surface area contributed by atoms with E-state index in [0.717, 1.165) is 64.3 Å². The molecule has 0 aromatic carbocycles. The van der Waals surface area contributed by atoms with Crippen LogP contribution in [-0.4, -0.2) is 65.9 Å². The number of urea groups is 1. The Morgan fingerprint density at radius 3 is 2.70 bits per heavy atom. The maximum Gasteiger partial charge on any atom is 0.323 e. The van der Waals surface area contributed by atoms with Gasteiger partial charge in [0.1, 0.15) is 5.76 Å². The van der Waals surface area contributed by atoms with Gasteiger partial charge >= 0.3 is 6.03 Å². The number of aromatic nitrogens is 1. The number of piperazine rings is 1. The third-order valence-corrected chi connectivity index (χ3v) is 6.67. The molecule has 0 bridgehead atoms. The maximum absolute atomic E-state index is 12.8. The summed E-state index contributed by atoms with van der Waals surface area (Å²) in [6, 6.07) is 2.61. The second-order valence-electron chi connectivity index (χ2n) is 8.66. The average Bonchev–Trinajstić information content (AvgIpc) is 3.32. The molecular weight excluding hydrogens is 344 g/mol. The summed E-state index contributed by atoms with van der Waals surface area (Å²) in [5.74, 6) is 1.43. The first-order chi connectivity index (χ1) is 13.0. The van der Waals surface area contributed by atoms with Gasteiger partial charge in [-0.15, -0.1) is 0 Å². The van der Waals surface area contributed by atoms with Crippen molar-refractivity contribution in [1.29, 1.82) is 0 Å². The molecule has 1 saturated carbocycles. The van der Waals surface area contributed by atoms with Crippen LogP contribution in [0.1, 0.15) is 58.1 Å². The van der Waals surface area contributed by atoms with Gasteiger partial charge < -0.3 is 14.2 Å². The lowest BCUT2D eigenvalue weighted by atomic mass is 9.86. The largest absolute Gasteiger partial charge is 0.381 e. The van der Waals surface area contributed by atoms with E-state index in [1.807, 2.05) is 11.0 Å². The van der Waals surface area contributed by atoms with Crippen LogP contribution in [0.2, 0.25) is 0 Å². The predicted molar refractivity (Wildman–Crippen MR) is 103 cm³/mol. The fraction of sp³-hybridized carbons (Fsp3) is 0.800. The van der Waals surface area contributed by atoms with Crippen LogP contribution in [-0.2, 0) is 10.2 Å². The Kier molecular flexibility index (Phi) is 5.41. The molecule has 1 aromatic heterocycles. The Morgan fingerprint density at radius 2 is 2.00 bits per heavy atom. The molecule has 1 atom stereocenters. The van der Waals surface area contributed by atoms with Crippen molar-refractivity contribution < 1.29 is 14.1 Å². The third kappa shape index (κ3) is 3.99. The second kappa shape index (κ2) is 7.80. The number of anilines is 1. The summed E-state index contributed by atoms with van der Waals surface area (Å²) in [5.41, 5.74) is 0.0681. The van der Waals surface area contributed by atoms with Crippen molar-refractivity contribution in [2.75, 3.05) is 38.2 Å². The molecule has 150 valence electrons. The summed E-state index contributed by atoms with van der Waals surface area (Å²) >= 11 is 0. The Bertz CT molecular complexity index is 649. The molecule has 0 unspecified atom stereocenters. The highest BCUT2D eigenvalue weighted by Gasteiger charge is 2.35. The number of rotatable bonds is 3. The number of nitrogens with one attached hydrogen (secondary N) is 1. The number of nitrogens with zero attached hydrogens (tertiary/aromatic N) is 3. The first-order valence-corrected chi connectivity index (χ1v) is 10.4. The molecule has 3 aliphatic rings. The summed E-state index contributed by atoms with van der Waals surface area (Å²) in [4.78, 5) is 17.2. The summed E-state index contributed by atoms with van der Waals surface area (Å²) in [6.07, 6.45) is 6.90. The minimum atomic E-state index is -0.0782. The van der Waals surface area contributed by atoms with Gasteiger partial charge in [0.15, 0.2) is 5.82 Å². The minimum absolute atomic E-state index is 0.0681. The van der Waals surface area contributed by atoms with Crippen LogP contribution >= 0.6 is 0 Å². The molecule has 4 rings (SSSR count). The number of carbonyl (C=O) groups is 1. The number of carbonyl (C=O) groups excluding carboxylic acids is 1. The Labute approximate surface area is 161 Å². The van der Waals surface area contributed by atoms with Crippen LogP contribution in [0.5, 0.6) is 0 Å². The van der Waals surface area contributed by atoms with Gasteiger partial charge in [0.25, 0.3) is 0 Å². The summed E-state index contributed by atoms with van der Waals surface area (Å²) in [7, 11) is 0. The van der Waals surface area contributed by atoms with Gasteiger partial charge in [-0.05, 0) is 32.6 Å². The molecule has 3 heterocycles. The van der Waals surface area contributed by atoms with E-state index < -0.39 is 0 Å². The standard InChI is InChI=1S/C20H32N4O3/c1-15-14-23(16-5-11-26-12-6-16)9-10-24(15)19(25)21-18-13-17(27-22-18)20(2)7-3-4-8-20/h13,15-16H,3-12,14H2,1-2H3,(H,21,22,25)/t15-/m0/s1. The summed E-state index contributed by atoms with van der Waals surface area (Å²) < 4.78 is 11.0. The zero-order chi connectivity index (χ0) is 18.9. The van der Waals surface area contributed by atoms with Crippen molar-refractivity contribution in [3.63, 3.8) is 0 Å². The molecule has 2 amide bonds. The molecule has 1 aromatic rings. The van der Waals surface area contributed by atoms with Crippen LogP contribution in [0.4, 0.5) is 10.6 Å². The van der Waals surface area contributed by atoms with E-state index in [9.17, 15) is 4.79 Å². The molecule has 2 saturated heterocycles. The van der Waals surface area contributed by atoms with E-state index in [1.54, 1.807) is 0 Å². The fourth-order valence-electron chi connectivity index (χ4n) is 4.87. The highest BCUT2D eigenvalue weighted by atomic mass is 16.5. The fourth-order valence-corrected chi connectivity index (χ4v) is 4.87. The maximum atomic E-state index is 12.8. The predicted octanol–water partition coefficient (Wildman–Crippen LogP) is 3.22. The SMILES string of the molecule is C[C@H]1CN(C2CCOCC2)CCN1C(=O)Nc1cc(C2(C)CCCC2)on1.